The van der Waals surface area contributed by atoms with Crippen LogP contribution >= 0.6 is 0 Å². The number of amides is 1. The third-order valence-electron chi connectivity index (χ3n) is 3.31. The quantitative estimate of drug-likeness (QED) is 0.725. The van der Waals surface area contributed by atoms with Crippen LogP contribution in [-0.2, 0) is 16.0 Å². The maximum atomic E-state index is 11.8. The Morgan fingerprint density at radius 3 is 2.81 bits per heavy atom. The van der Waals surface area contributed by atoms with Crippen LogP contribution in [0.3, 0.4) is 0 Å². The molecule has 3 N–H and O–H groups in total. The van der Waals surface area contributed by atoms with Gasteiger partial charge in [0.2, 0.25) is 5.91 Å². The van der Waals surface area contributed by atoms with Crippen LogP contribution in [0.2, 0.25) is 0 Å². The third-order valence-corrected chi connectivity index (χ3v) is 3.31. The average molecular weight is 289 g/mol. The van der Waals surface area contributed by atoms with Crippen LogP contribution in [-0.4, -0.2) is 33.0 Å². The molecule has 0 bridgehead atoms. The van der Waals surface area contributed by atoms with E-state index >= 15 is 0 Å². The number of carboxylic acid groups (broad SMARTS) is 1. The second kappa shape index (κ2) is 6.88. The van der Waals surface area contributed by atoms with Gasteiger partial charge in [-0.3, -0.25) is 9.59 Å². The van der Waals surface area contributed by atoms with E-state index in [0.717, 1.165) is 16.9 Å². The highest BCUT2D eigenvalue weighted by Crippen LogP contribution is 2.11. The van der Waals surface area contributed by atoms with Gasteiger partial charge in [0.15, 0.2) is 0 Å². The number of fused-ring (bicyclic) bond motifs is 1. The first-order valence-electron chi connectivity index (χ1n) is 7.03. The van der Waals surface area contributed by atoms with Gasteiger partial charge in [-0.05, 0) is 18.6 Å². The summed E-state index contributed by atoms with van der Waals surface area (Å²) in [5.74, 6) is -0.291. The Bertz CT molecular complexity index is 603. The van der Waals surface area contributed by atoms with E-state index in [1.54, 1.807) is 0 Å². The third kappa shape index (κ3) is 4.30. The molecule has 1 unspecified atom stereocenters. The summed E-state index contributed by atoms with van der Waals surface area (Å²) >= 11 is 0. The summed E-state index contributed by atoms with van der Waals surface area (Å²) in [6.07, 6.45) is 1.34. The normalized spacial score (nSPS) is 12.2. The minimum atomic E-state index is -0.903. The van der Waals surface area contributed by atoms with Gasteiger partial charge in [0, 0.05) is 18.9 Å². The summed E-state index contributed by atoms with van der Waals surface area (Å²) in [5.41, 5.74) is 1.83. The van der Waals surface area contributed by atoms with Crippen LogP contribution in [0.4, 0.5) is 0 Å². The molecule has 0 aliphatic carbocycles. The minimum Gasteiger partial charge on any atom is -0.481 e. The van der Waals surface area contributed by atoms with Crippen molar-refractivity contribution >= 4 is 22.9 Å². The number of aryl methyl sites for hydroxylation is 1. The van der Waals surface area contributed by atoms with E-state index in [1.165, 1.54) is 0 Å². The Hall–Kier alpha value is -2.37. The summed E-state index contributed by atoms with van der Waals surface area (Å²) in [7, 11) is 0. The zero-order valence-electron chi connectivity index (χ0n) is 11.9. The van der Waals surface area contributed by atoms with Crippen molar-refractivity contribution in [2.75, 3.05) is 0 Å². The van der Waals surface area contributed by atoms with Crippen LogP contribution in [0.25, 0.3) is 11.0 Å². The minimum absolute atomic E-state index is 0.0487. The lowest BCUT2D eigenvalue weighted by molar-refractivity contribution is -0.137. The number of aromatic amines is 1. The number of carboxylic acids is 1. The largest absolute Gasteiger partial charge is 0.481 e. The molecule has 6 heteroatoms. The maximum absolute atomic E-state index is 11.8. The van der Waals surface area contributed by atoms with Crippen molar-refractivity contribution in [3.8, 4) is 0 Å². The van der Waals surface area contributed by atoms with Gasteiger partial charge in [0.1, 0.15) is 5.82 Å². The van der Waals surface area contributed by atoms with Crippen molar-refractivity contribution in [3.05, 3.63) is 30.1 Å². The summed E-state index contributed by atoms with van der Waals surface area (Å²) in [6, 6.07) is 7.37. The summed E-state index contributed by atoms with van der Waals surface area (Å²) in [6.45, 7) is 1.85. The fourth-order valence-corrected chi connectivity index (χ4v) is 2.16. The van der Waals surface area contributed by atoms with Gasteiger partial charge in [0.05, 0.1) is 17.5 Å². The number of aliphatic carboxylic acids is 1. The van der Waals surface area contributed by atoms with Crippen LogP contribution in [0.15, 0.2) is 24.3 Å². The first kappa shape index (κ1) is 15.0. The molecule has 1 heterocycles. The zero-order valence-corrected chi connectivity index (χ0v) is 11.9. The van der Waals surface area contributed by atoms with Gasteiger partial charge in [0.25, 0.3) is 0 Å². The van der Waals surface area contributed by atoms with Crippen molar-refractivity contribution in [3.63, 3.8) is 0 Å². The number of nitrogens with zero attached hydrogens (tertiary/aromatic N) is 1. The van der Waals surface area contributed by atoms with E-state index in [4.69, 9.17) is 5.11 Å². The van der Waals surface area contributed by atoms with Crippen molar-refractivity contribution in [1.82, 2.24) is 15.3 Å². The van der Waals surface area contributed by atoms with Gasteiger partial charge in [-0.2, -0.15) is 0 Å². The van der Waals surface area contributed by atoms with E-state index in [-0.39, 0.29) is 24.8 Å². The highest BCUT2D eigenvalue weighted by Gasteiger charge is 2.14. The molecular weight excluding hydrogens is 270 g/mol. The van der Waals surface area contributed by atoms with Crippen LogP contribution in [0.1, 0.15) is 32.0 Å². The van der Waals surface area contributed by atoms with Crippen molar-refractivity contribution in [1.29, 1.82) is 0 Å². The van der Waals surface area contributed by atoms with Crippen molar-refractivity contribution in [2.45, 2.75) is 38.6 Å². The summed E-state index contributed by atoms with van der Waals surface area (Å²) in [4.78, 5) is 30.1. The second-order valence-corrected chi connectivity index (χ2v) is 4.97. The number of rotatable bonds is 7. The first-order chi connectivity index (χ1) is 10.1. The first-order valence-corrected chi connectivity index (χ1v) is 7.03. The molecule has 0 saturated heterocycles. The van der Waals surface area contributed by atoms with Crippen LogP contribution in [0, 0.1) is 0 Å². The SMILES string of the molecule is CCC(CC(=O)O)NC(=O)CCc1nc2ccccc2[nH]1. The van der Waals surface area contributed by atoms with E-state index in [9.17, 15) is 9.59 Å². The van der Waals surface area contributed by atoms with Gasteiger partial charge in [-0.25, -0.2) is 4.98 Å². The van der Waals surface area contributed by atoms with Gasteiger partial charge in [-0.15, -0.1) is 0 Å². The Morgan fingerprint density at radius 2 is 2.14 bits per heavy atom. The molecule has 0 saturated carbocycles. The number of benzene rings is 1. The number of hydrogen-bond acceptors (Lipinski definition) is 3. The fourth-order valence-electron chi connectivity index (χ4n) is 2.16. The molecule has 0 spiro atoms. The Balaban J connectivity index is 1.87. The lowest BCUT2D eigenvalue weighted by atomic mass is 10.1. The van der Waals surface area contributed by atoms with Crippen LogP contribution in [0.5, 0.6) is 0 Å². The molecule has 0 aliphatic heterocycles. The molecule has 0 radical (unpaired) electrons. The van der Waals surface area contributed by atoms with E-state index in [0.29, 0.717) is 12.8 Å². The average Bonchev–Trinajstić information content (AvgIpc) is 2.86. The molecule has 2 rings (SSSR count). The monoisotopic (exact) mass is 289 g/mol. The number of imidazole rings is 1. The van der Waals surface area contributed by atoms with Gasteiger partial charge < -0.3 is 15.4 Å². The molecule has 112 valence electrons. The lowest BCUT2D eigenvalue weighted by Gasteiger charge is -2.14. The highest BCUT2D eigenvalue weighted by atomic mass is 16.4. The Labute approximate surface area is 122 Å². The molecule has 0 fully saturated rings. The van der Waals surface area contributed by atoms with E-state index < -0.39 is 5.97 Å². The predicted molar refractivity (Wildman–Crippen MR) is 78.9 cm³/mol. The molecule has 1 amide bonds. The number of carbonyl (C=O) groups excluding carboxylic acids is 1. The molecule has 0 aliphatic rings. The second-order valence-electron chi connectivity index (χ2n) is 4.97. The smallest absolute Gasteiger partial charge is 0.305 e. The number of nitrogens with one attached hydrogen (secondary N) is 2. The molecule has 1 aromatic heterocycles. The summed E-state index contributed by atoms with van der Waals surface area (Å²) in [5, 5.41) is 11.5. The molecule has 6 nitrogen and oxygen atoms in total. The number of carbonyl (C=O) groups is 2. The topological polar surface area (TPSA) is 95.1 Å². The molecule has 2 aromatic rings. The number of aromatic nitrogens is 2. The maximum Gasteiger partial charge on any atom is 0.305 e. The molecule has 1 aromatic carbocycles. The zero-order chi connectivity index (χ0) is 15.2. The number of hydrogen-bond donors (Lipinski definition) is 3. The van der Waals surface area contributed by atoms with Crippen molar-refractivity contribution in [2.24, 2.45) is 0 Å². The number of H-pyrrole nitrogens is 1. The standard InChI is InChI=1S/C15H19N3O3/c1-2-10(9-15(20)21)16-14(19)8-7-13-17-11-5-3-4-6-12(11)18-13/h3-6,10H,2,7-9H2,1H3,(H,16,19)(H,17,18)(H,20,21). The van der Waals surface area contributed by atoms with Crippen molar-refractivity contribution < 1.29 is 14.7 Å². The fraction of sp³-hybridized carbons (Fsp3) is 0.400. The van der Waals surface area contributed by atoms with Gasteiger partial charge >= 0.3 is 5.97 Å². The Kier molecular flexibility index (Phi) is 4.92. The lowest BCUT2D eigenvalue weighted by Crippen LogP contribution is -2.36. The molecule has 21 heavy (non-hydrogen) atoms. The molecular formula is C15H19N3O3. The van der Waals surface area contributed by atoms with Crippen LogP contribution < -0.4 is 5.32 Å². The number of para-hydroxylation sites is 2. The Morgan fingerprint density at radius 1 is 1.38 bits per heavy atom. The van der Waals surface area contributed by atoms with Gasteiger partial charge in [-0.1, -0.05) is 19.1 Å². The van der Waals surface area contributed by atoms with E-state index in [1.807, 2.05) is 31.2 Å². The van der Waals surface area contributed by atoms with E-state index in [2.05, 4.69) is 15.3 Å². The predicted octanol–water partition coefficient (Wildman–Crippen LogP) is 1.86. The molecule has 1 atom stereocenters. The summed E-state index contributed by atoms with van der Waals surface area (Å²) < 4.78 is 0. The highest BCUT2D eigenvalue weighted by molar-refractivity contribution is 5.78.